The number of allylic oxidation sites excluding steroid dienone is 3. The molecule has 0 aromatic heterocycles. The average molecular weight is 519 g/mol. The number of ketones is 1. The Balaban J connectivity index is 1.31. The topological polar surface area (TPSA) is 59.1 Å². The molecule has 4 aliphatic carbocycles. The molecule has 204 valence electrons. The quantitative estimate of drug-likeness (QED) is 0.513. The highest BCUT2D eigenvalue weighted by atomic mass is 16.7. The van der Waals surface area contributed by atoms with Crippen molar-refractivity contribution < 1.29 is 19.1 Å². The second-order valence-corrected chi connectivity index (χ2v) is 13.0. The second-order valence-electron chi connectivity index (χ2n) is 13.0. The van der Waals surface area contributed by atoms with Crippen molar-refractivity contribution in [2.45, 2.75) is 97.3 Å². The Morgan fingerprint density at radius 2 is 1.53 bits per heavy atom. The molecule has 2 aliphatic heterocycles. The molecule has 6 aliphatic rings. The van der Waals surface area contributed by atoms with Gasteiger partial charge in [0.05, 0.1) is 0 Å². The second kappa shape index (κ2) is 8.45. The Morgan fingerprint density at radius 3 is 2.11 bits per heavy atom. The van der Waals surface area contributed by atoms with Crippen LogP contribution in [0.25, 0.3) is 0 Å². The average Bonchev–Trinajstić information content (AvgIpc) is 3.26. The first-order valence-electron chi connectivity index (χ1n) is 14.3. The lowest BCUT2D eigenvalue weighted by Crippen LogP contribution is -2.62. The zero-order chi connectivity index (χ0) is 27.2. The molecule has 7 rings (SSSR count). The van der Waals surface area contributed by atoms with Crippen molar-refractivity contribution in [3.63, 3.8) is 0 Å². The molecular weight excluding hydrogens is 476 g/mol. The van der Waals surface area contributed by atoms with E-state index in [1.54, 1.807) is 0 Å². The van der Waals surface area contributed by atoms with E-state index in [0.717, 1.165) is 76.2 Å². The van der Waals surface area contributed by atoms with E-state index in [9.17, 15) is 9.59 Å². The minimum atomic E-state index is -0.725. The number of hydrogen-bond acceptors (Lipinski definition) is 5. The molecule has 2 bridgehead atoms. The minimum absolute atomic E-state index is 0.00418. The van der Waals surface area contributed by atoms with E-state index in [1.165, 1.54) is 19.3 Å². The molecule has 1 unspecified atom stereocenters. The molecule has 38 heavy (non-hydrogen) atoms. The number of Topliss-reactive ketones (excluding diaryl/α,β-unsaturated/α-hetero) is 1. The zero-order valence-electron chi connectivity index (χ0n) is 24.2. The Hall–Kier alpha value is -2.60. The molecule has 1 atom stereocenters. The lowest BCUT2D eigenvalue weighted by Gasteiger charge is -2.59. The highest BCUT2D eigenvalue weighted by Crippen LogP contribution is 2.63. The number of ether oxygens (including phenoxy) is 2. The predicted octanol–water partition coefficient (Wildman–Crippen LogP) is 5.68. The first kappa shape index (κ1) is 25.7. The Kier molecular flexibility index (Phi) is 5.71. The highest BCUT2D eigenvalue weighted by Gasteiger charge is 2.62. The van der Waals surface area contributed by atoms with Gasteiger partial charge in [-0.15, -0.1) is 0 Å². The molecule has 0 radical (unpaired) electrons. The molecule has 6 heteroatoms. The molecule has 1 aromatic carbocycles. The smallest absolute Gasteiger partial charge is 0.254 e. The van der Waals surface area contributed by atoms with Gasteiger partial charge in [0.2, 0.25) is 0 Å². The van der Waals surface area contributed by atoms with Crippen LogP contribution in [-0.2, 0) is 11.2 Å². The summed E-state index contributed by atoms with van der Waals surface area (Å²) in [6.45, 7) is 11.2. The summed E-state index contributed by atoms with van der Waals surface area (Å²) < 4.78 is 13.7. The van der Waals surface area contributed by atoms with E-state index in [-0.39, 0.29) is 17.1 Å². The number of amides is 1. The number of fused-ring (bicyclic) bond motifs is 5. The van der Waals surface area contributed by atoms with Gasteiger partial charge in [-0.3, -0.25) is 9.59 Å². The van der Waals surface area contributed by atoms with E-state index in [1.807, 2.05) is 25.7 Å². The monoisotopic (exact) mass is 518 g/mol. The van der Waals surface area contributed by atoms with Crippen LogP contribution in [0.4, 0.5) is 0 Å². The van der Waals surface area contributed by atoms with Crippen molar-refractivity contribution in [2.75, 3.05) is 27.2 Å². The minimum Gasteiger partial charge on any atom is -0.448 e. The number of nitrogens with zero attached hydrogens (tertiary/aromatic N) is 2. The van der Waals surface area contributed by atoms with E-state index in [4.69, 9.17) is 9.47 Å². The maximum atomic E-state index is 13.9. The largest absolute Gasteiger partial charge is 0.448 e. The van der Waals surface area contributed by atoms with E-state index < -0.39 is 5.79 Å². The molecule has 0 N–H and O–H groups in total. The van der Waals surface area contributed by atoms with Crippen LogP contribution in [0, 0.1) is 19.3 Å². The number of carbonyl (C=O) groups excluding carboxylic acids is 2. The van der Waals surface area contributed by atoms with Gasteiger partial charge in [-0.1, -0.05) is 11.6 Å². The number of benzene rings is 1. The lowest BCUT2D eigenvalue weighted by molar-refractivity contribution is -0.212. The van der Waals surface area contributed by atoms with Gasteiger partial charge in [-0.05, 0) is 103 Å². The number of carbonyl (C=O) groups is 2. The summed E-state index contributed by atoms with van der Waals surface area (Å²) in [5, 5.41) is 0. The van der Waals surface area contributed by atoms with Crippen molar-refractivity contribution in [3.8, 4) is 11.5 Å². The fraction of sp³-hybridized carbons (Fsp3) is 0.625. The summed E-state index contributed by atoms with van der Waals surface area (Å²) in [6.07, 6.45) is 10.1. The summed E-state index contributed by atoms with van der Waals surface area (Å²) in [5.41, 5.74) is 6.83. The van der Waals surface area contributed by atoms with Crippen molar-refractivity contribution in [3.05, 3.63) is 45.0 Å². The van der Waals surface area contributed by atoms with Crippen LogP contribution >= 0.6 is 0 Å². The van der Waals surface area contributed by atoms with E-state index in [0.29, 0.717) is 25.0 Å². The molecule has 3 saturated carbocycles. The predicted molar refractivity (Wildman–Crippen MR) is 148 cm³/mol. The highest BCUT2D eigenvalue weighted by molar-refractivity contribution is 6.03. The maximum Gasteiger partial charge on any atom is 0.254 e. The van der Waals surface area contributed by atoms with Crippen LogP contribution < -0.4 is 9.47 Å². The van der Waals surface area contributed by atoms with Crippen LogP contribution in [0.5, 0.6) is 11.5 Å². The van der Waals surface area contributed by atoms with Crippen molar-refractivity contribution >= 4 is 11.7 Å². The standard InChI is InChI=1S/C32H42N2O4/c1-19-16-20(2)24(25(35)17-19)18-34-15-8-23-21(3)27-28(22(4)26(23)29(34)36)38-30(5,37-27)31-9-12-32(13-10-31,14-11-31)33(6)7/h16H,8-15,17-18H2,1-7H3. The van der Waals surface area contributed by atoms with Gasteiger partial charge in [0.15, 0.2) is 17.3 Å². The van der Waals surface area contributed by atoms with Crippen LogP contribution in [0.3, 0.4) is 0 Å². The first-order valence-corrected chi connectivity index (χ1v) is 14.3. The Bertz CT molecular complexity index is 1290. The summed E-state index contributed by atoms with van der Waals surface area (Å²) in [7, 11) is 4.44. The Morgan fingerprint density at radius 1 is 0.921 bits per heavy atom. The summed E-state index contributed by atoms with van der Waals surface area (Å²) >= 11 is 0. The van der Waals surface area contributed by atoms with Crippen LogP contribution in [0.2, 0.25) is 0 Å². The molecular formula is C32H42N2O4. The van der Waals surface area contributed by atoms with Crippen LogP contribution in [0.1, 0.15) is 92.8 Å². The summed E-state index contributed by atoms with van der Waals surface area (Å²) in [5.74, 6) is 0.974. The van der Waals surface area contributed by atoms with Gasteiger partial charge in [-0.2, -0.15) is 0 Å². The summed E-state index contributed by atoms with van der Waals surface area (Å²) in [6, 6.07) is 0. The molecule has 0 saturated heterocycles. The van der Waals surface area contributed by atoms with Crippen molar-refractivity contribution in [1.82, 2.24) is 9.80 Å². The van der Waals surface area contributed by atoms with Crippen LogP contribution in [-0.4, -0.2) is 60.0 Å². The van der Waals surface area contributed by atoms with Gasteiger partial charge >= 0.3 is 0 Å². The third-order valence-electron chi connectivity index (χ3n) is 10.9. The zero-order valence-corrected chi connectivity index (χ0v) is 24.2. The number of hydrogen-bond donors (Lipinski definition) is 0. The van der Waals surface area contributed by atoms with E-state index in [2.05, 4.69) is 38.9 Å². The normalized spacial score (nSPS) is 32.3. The fourth-order valence-electron chi connectivity index (χ4n) is 8.15. The van der Waals surface area contributed by atoms with Gasteiger partial charge < -0.3 is 19.3 Å². The molecule has 1 amide bonds. The van der Waals surface area contributed by atoms with Crippen molar-refractivity contribution in [1.29, 1.82) is 0 Å². The van der Waals surface area contributed by atoms with Gasteiger partial charge in [0.25, 0.3) is 11.7 Å². The van der Waals surface area contributed by atoms with E-state index >= 15 is 0 Å². The first-order chi connectivity index (χ1) is 17.9. The number of rotatable bonds is 4. The van der Waals surface area contributed by atoms with Crippen molar-refractivity contribution in [2.24, 2.45) is 5.41 Å². The van der Waals surface area contributed by atoms with Gasteiger partial charge in [-0.25, -0.2) is 0 Å². The lowest BCUT2D eigenvalue weighted by atomic mass is 9.54. The van der Waals surface area contributed by atoms with Crippen LogP contribution in [0.15, 0.2) is 22.8 Å². The fourth-order valence-corrected chi connectivity index (χ4v) is 8.15. The Labute approximate surface area is 227 Å². The third kappa shape index (κ3) is 3.48. The van der Waals surface area contributed by atoms with Gasteiger partial charge in [0, 0.05) is 54.1 Å². The molecule has 1 aromatic rings. The molecule has 2 heterocycles. The third-order valence-corrected chi connectivity index (χ3v) is 10.9. The molecule has 3 fully saturated rings. The molecule has 0 spiro atoms. The summed E-state index contributed by atoms with van der Waals surface area (Å²) in [4.78, 5) is 31.0. The SMILES string of the molecule is CC1=CC(C)=C(CN2CCc3c(C)c4c(c(C)c3C2=O)OC(C)(C23CCC(N(C)C)(CC2)CC3)O4)C(=O)C1. The van der Waals surface area contributed by atoms with Gasteiger partial charge in [0.1, 0.15) is 0 Å². The maximum absolute atomic E-state index is 13.9. The molecule has 6 nitrogen and oxygen atoms in total.